The highest BCUT2D eigenvalue weighted by molar-refractivity contribution is 7.47. The second-order valence-corrected chi connectivity index (χ2v) is 5.07. The Kier molecular flexibility index (Phi) is 4.71. The average molecular weight is 319 g/mol. The fraction of sp³-hybridized carbons (Fsp3) is 0.286. The zero-order valence-electron chi connectivity index (χ0n) is 12.5. The van der Waals surface area contributed by atoms with E-state index in [1.54, 1.807) is 13.2 Å². The Hall–Kier alpha value is -2.48. The molecule has 0 atom stereocenters. The first kappa shape index (κ1) is 15.9. The predicted octanol–water partition coefficient (Wildman–Crippen LogP) is 2.93. The van der Waals surface area contributed by atoms with E-state index in [0.29, 0.717) is 22.9 Å². The summed E-state index contributed by atoms with van der Waals surface area (Å²) in [5, 5.41) is 0. The summed E-state index contributed by atoms with van der Waals surface area (Å²) in [5.41, 5.74) is 12.7. The number of benzene rings is 1. The highest BCUT2D eigenvalue weighted by atomic mass is 32.1. The molecular weight excluding hydrogens is 302 g/mol. The van der Waals surface area contributed by atoms with E-state index in [4.69, 9.17) is 33.4 Å². The fourth-order valence-electron chi connectivity index (χ4n) is 1.93. The van der Waals surface area contributed by atoms with E-state index in [9.17, 15) is 0 Å². The number of hydrogen-bond donors (Lipinski definition) is 2. The molecule has 0 saturated heterocycles. The number of rotatable bonds is 5. The largest absolute Gasteiger partial charge is 0.494 e. The Balaban J connectivity index is 2.50. The van der Waals surface area contributed by atoms with Crippen LogP contribution in [0.5, 0.6) is 17.2 Å². The zero-order valence-corrected chi connectivity index (χ0v) is 13.3. The maximum Gasteiger partial charge on any atom is 0.222 e. The van der Waals surface area contributed by atoms with Gasteiger partial charge in [0, 0.05) is 24.1 Å². The molecule has 0 amide bonds. The molecule has 8 heteroatoms. The number of ether oxygens (including phenoxy) is 2. The van der Waals surface area contributed by atoms with Gasteiger partial charge in [0.2, 0.25) is 5.95 Å². The van der Waals surface area contributed by atoms with Crippen molar-refractivity contribution in [3.8, 4) is 17.2 Å². The fourth-order valence-corrected chi connectivity index (χ4v) is 2.08. The van der Waals surface area contributed by atoms with Crippen LogP contribution >= 0.6 is 0 Å². The number of nitrogens with zero attached hydrogens (tertiary/aromatic N) is 3. The number of methoxy groups -OCH3 is 1. The zero-order chi connectivity index (χ0) is 16.3. The number of nitrogen functional groups attached to an aromatic ring is 2. The lowest BCUT2D eigenvalue weighted by molar-refractivity contribution is 0.412. The first-order chi connectivity index (χ1) is 10.5. The van der Waals surface area contributed by atoms with Crippen molar-refractivity contribution < 1.29 is 9.47 Å². The lowest BCUT2D eigenvalue weighted by atomic mass is 10.0. The van der Waals surface area contributed by atoms with Crippen molar-refractivity contribution in [2.75, 3.05) is 18.6 Å². The van der Waals surface area contributed by atoms with Crippen molar-refractivity contribution in [3.63, 3.8) is 0 Å². The maximum atomic E-state index is 5.83. The molecule has 0 fully saturated rings. The Morgan fingerprint density at radius 1 is 1.18 bits per heavy atom. The van der Waals surface area contributed by atoms with E-state index >= 15 is 0 Å². The summed E-state index contributed by atoms with van der Waals surface area (Å²) >= 11 is 4.77. The molecular formula is C14H17N5O2S. The van der Waals surface area contributed by atoms with Crippen LogP contribution in [0.1, 0.15) is 25.3 Å². The van der Waals surface area contributed by atoms with Crippen LogP contribution in [0.2, 0.25) is 0 Å². The molecule has 2 aromatic rings. The van der Waals surface area contributed by atoms with Gasteiger partial charge in [-0.25, -0.2) is 4.98 Å². The standard InChI is InChI=1S/C14H17N5O2S/c1-7(2)8-4-11(20-3)9(19-22)5-10(8)21-12-6-17-14(16)18-13(12)15/h4-7H,1-3H3,(H4,15,16,17,18). The summed E-state index contributed by atoms with van der Waals surface area (Å²) in [6.07, 6.45) is 1.43. The summed E-state index contributed by atoms with van der Waals surface area (Å²) in [6.45, 7) is 4.07. The second kappa shape index (κ2) is 6.52. The molecule has 0 aliphatic carbocycles. The van der Waals surface area contributed by atoms with E-state index < -0.39 is 0 Å². The first-order valence-electron chi connectivity index (χ1n) is 6.57. The van der Waals surface area contributed by atoms with Gasteiger partial charge in [0.05, 0.1) is 13.3 Å². The minimum atomic E-state index is 0.0879. The van der Waals surface area contributed by atoms with Gasteiger partial charge in [-0.3, -0.25) is 0 Å². The molecule has 116 valence electrons. The molecule has 0 spiro atoms. The van der Waals surface area contributed by atoms with Crippen LogP contribution in [0.4, 0.5) is 17.5 Å². The van der Waals surface area contributed by atoms with E-state index in [-0.39, 0.29) is 17.7 Å². The molecule has 0 aliphatic rings. The van der Waals surface area contributed by atoms with Crippen LogP contribution in [0.15, 0.2) is 22.7 Å². The van der Waals surface area contributed by atoms with Crippen LogP contribution in [0.25, 0.3) is 0 Å². The van der Waals surface area contributed by atoms with Gasteiger partial charge in [0.1, 0.15) is 17.2 Å². The van der Waals surface area contributed by atoms with Crippen LogP contribution in [0, 0.1) is 0 Å². The molecule has 1 aromatic carbocycles. The molecule has 7 nitrogen and oxygen atoms in total. The van der Waals surface area contributed by atoms with Crippen LogP contribution < -0.4 is 20.9 Å². The number of aromatic nitrogens is 2. The van der Waals surface area contributed by atoms with Gasteiger partial charge in [0.25, 0.3) is 0 Å². The normalized spacial score (nSPS) is 10.5. The Bertz CT molecular complexity index is 706. The monoisotopic (exact) mass is 319 g/mol. The second-order valence-electron chi connectivity index (χ2n) is 4.89. The molecule has 0 bridgehead atoms. The molecule has 2 rings (SSSR count). The highest BCUT2D eigenvalue weighted by Gasteiger charge is 2.16. The van der Waals surface area contributed by atoms with Crippen LogP contribution in [-0.2, 0) is 12.4 Å². The van der Waals surface area contributed by atoms with Crippen molar-refractivity contribution >= 4 is 29.9 Å². The molecule has 1 heterocycles. The van der Waals surface area contributed by atoms with E-state index in [0.717, 1.165) is 5.56 Å². The molecule has 22 heavy (non-hydrogen) atoms. The van der Waals surface area contributed by atoms with E-state index in [2.05, 4.69) is 14.3 Å². The highest BCUT2D eigenvalue weighted by Crippen LogP contribution is 2.40. The molecule has 0 unspecified atom stereocenters. The Morgan fingerprint density at radius 2 is 1.91 bits per heavy atom. The number of hydrogen-bond acceptors (Lipinski definition) is 8. The molecule has 0 saturated carbocycles. The first-order valence-corrected chi connectivity index (χ1v) is 6.94. The van der Waals surface area contributed by atoms with Crippen molar-refractivity contribution in [2.45, 2.75) is 19.8 Å². The molecule has 0 aliphatic heterocycles. The van der Waals surface area contributed by atoms with Crippen LogP contribution in [0.3, 0.4) is 0 Å². The average Bonchev–Trinajstić information content (AvgIpc) is 2.49. The van der Waals surface area contributed by atoms with Crippen LogP contribution in [-0.4, -0.2) is 17.1 Å². The van der Waals surface area contributed by atoms with Crippen molar-refractivity contribution in [3.05, 3.63) is 23.9 Å². The lowest BCUT2D eigenvalue weighted by Crippen LogP contribution is -2.03. The third-order valence-electron chi connectivity index (χ3n) is 3.05. The van der Waals surface area contributed by atoms with Gasteiger partial charge >= 0.3 is 0 Å². The molecule has 4 N–H and O–H groups in total. The van der Waals surface area contributed by atoms with Gasteiger partial charge in [-0.1, -0.05) is 13.8 Å². The smallest absolute Gasteiger partial charge is 0.222 e. The quantitative estimate of drug-likeness (QED) is 0.872. The van der Waals surface area contributed by atoms with Crippen molar-refractivity contribution in [2.24, 2.45) is 4.36 Å². The predicted molar refractivity (Wildman–Crippen MR) is 87.5 cm³/mol. The maximum absolute atomic E-state index is 5.83. The summed E-state index contributed by atoms with van der Waals surface area (Å²) in [4.78, 5) is 7.75. The van der Waals surface area contributed by atoms with E-state index in [1.807, 2.05) is 19.9 Å². The minimum Gasteiger partial charge on any atom is -0.494 e. The SMILES string of the molecule is COc1cc(C(C)C)c(Oc2cnc(N)nc2N)cc1N=S. The van der Waals surface area contributed by atoms with Crippen molar-refractivity contribution in [1.82, 2.24) is 9.97 Å². The van der Waals surface area contributed by atoms with E-state index in [1.165, 1.54) is 6.20 Å². The Morgan fingerprint density at radius 3 is 2.45 bits per heavy atom. The summed E-state index contributed by atoms with van der Waals surface area (Å²) in [5.74, 6) is 1.92. The minimum absolute atomic E-state index is 0.0879. The van der Waals surface area contributed by atoms with Crippen molar-refractivity contribution in [1.29, 1.82) is 0 Å². The van der Waals surface area contributed by atoms with Gasteiger partial charge in [-0.15, -0.1) is 0 Å². The van der Waals surface area contributed by atoms with Gasteiger partial charge < -0.3 is 20.9 Å². The summed E-state index contributed by atoms with van der Waals surface area (Å²) < 4.78 is 14.9. The number of nitrogens with two attached hydrogens (primary N) is 2. The number of anilines is 2. The summed E-state index contributed by atoms with van der Waals surface area (Å²) in [7, 11) is 1.57. The topological polar surface area (TPSA) is 109 Å². The van der Waals surface area contributed by atoms with Gasteiger partial charge in [-0.2, -0.15) is 9.35 Å². The van der Waals surface area contributed by atoms with Gasteiger partial charge in [-0.05, 0) is 12.0 Å². The third-order valence-corrected chi connectivity index (χ3v) is 3.25. The molecule has 1 aromatic heterocycles. The lowest BCUT2D eigenvalue weighted by Gasteiger charge is -2.16. The Labute approximate surface area is 133 Å². The third kappa shape index (κ3) is 3.22. The molecule has 0 radical (unpaired) electrons. The van der Waals surface area contributed by atoms with Gasteiger partial charge in [0.15, 0.2) is 11.6 Å². The summed E-state index contributed by atoms with van der Waals surface area (Å²) in [6, 6.07) is 3.55.